The third kappa shape index (κ3) is 7.43. The maximum atomic E-state index is 14.8. The molecule has 2 atom stereocenters. The van der Waals surface area contributed by atoms with E-state index in [4.69, 9.17) is 4.98 Å². The molecule has 0 radical (unpaired) electrons. The Morgan fingerprint density at radius 3 is 2.18 bits per heavy atom. The summed E-state index contributed by atoms with van der Waals surface area (Å²) in [6.45, 7) is 3.77. The van der Waals surface area contributed by atoms with Gasteiger partial charge in [-0.05, 0) is 75.0 Å². The zero-order valence-electron chi connectivity index (χ0n) is 28.3. The Labute approximate surface area is 292 Å². The normalized spacial score (nSPS) is 18.7. The lowest BCUT2D eigenvalue weighted by Gasteiger charge is -2.41. The molecular formula is C37H38F6N4O3S. The van der Waals surface area contributed by atoms with E-state index in [1.54, 1.807) is 11.0 Å². The highest BCUT2D eigenvalue weighted by molar-refractivity contribution is 7.90. The minimum atomic E-state index is -4.92. The van der Waals surface area contributed by atoms with Gasteiger partial charge in [-0.1, -0.05) is 42.5 Å². The number of hydrogen-bond acceptors (Lipinski definition) is 6. The fourth-order valence-electron chi connectivity index (χ4n) is 7.51. The summed E-state index contributed by atoms with van der Waals surface area (Å²) in [6.07, 6.45) is -5.28. The second-order valence-corrected chi connectivity index (χ2v) is 15.4. The molecule has 3 heterocycles. The summed E-state index contributed by atoms with van der Waals surface area (Å²) in [7, 11) is -2.84. The number of rotatable bonds is 7. The fourth-order valence-corrected chi connectivity index (χ4v) is 8.16. The third-order valence-corrected chi connectivity index (χ3v) is 11.1. The molecule has 0 saturated carbocycles. The summed E-state index contributed by atoms with van der Waals surface area (Å²) in [5, 5.41) is -0.0234. The largest absolute Gasteiger partial charge is 0.416 e. The van der Waals surface area contributed by atoms with Crippen LogP contribution in [0.5, 0.6) is 0 Å². The number of carbonyl (C=O) groups is 1. The van der Waals surface area contributed by atoms with Crippen molar-refractivity contribution in [1.82, 2.24) is 14.8 Å². The number of aromatic nitrogens is 1. The van der Waals surface area contributed by atoms with E-state index in [1.807, 2.05) is 0 Å². The molecule has 0 aliphatic carbocycles. The molecule has 7 nitrogen and oxygen atoms in total. The molecule has 51 heavy (non-hydrogen) atoms. The second kappa shape index (κ2) is 13.8. The Hall–Kier alpha value is -4.17. The lowest BCUT2D eigenvalue weighted by molar-refractivity contribution is -0.176. The van der Waals surface area contributed by atoms with Crippen LogP contribution in [0.4, 0.5) is 32.0 Å². The Morgan fingerprint density at radius 2 is 1.59 bits per heavy atom. The first kappa shape index (κ1) is 36.6. The summed E-state index contributed by atoms with van der Waals surface area (Å²) in [5.41, 5.74) is -1.33. The number of fused-ring (bicyclic) bond motifs is 1. The van der Waals surface area contributed by atoms with E-state index < -0.39 is 39.7 Å². The number of carbonyl (C=O) groups excluding carboxylic acids is 1. The smallest absolute Gasteiger partial charge is 0.369 e. The first-order valence-electron chi connectivity index (χ1n) is 16.7. The minimum Gasteiger partial charge on any atom is -0.369 e. The topological polar surface area (TPSA) is 73.8 Å². The van der Waals surface area contributed by atoms with Crippen LogP contribution < -0.4 is 4.90 Å². The van der Waals surface area contributed by atoms with Crippen LogP contribution in [0.3, 0.4) is 0 Å². The van der Waals surface area contributed by atoms with Crippen LogP contribution in [-0.4, -0.2) is 80.3 Å². The van der Waals surface area contributed by atoms with Crippen LogP contribution in [-0.2, 0) is 16.0 Å². The van der Waals surface area contributed by atoms with Crippen molar-refractivity contribution in [2.24, 2.45) is 0 Å². The summed E-state index contributed by atoms with van der Waals surface area (Å²) >= 11 is 0. The molecule has 2 aliphatic rings. The van der Waals surface area contributed by atoms with Gasteiger partial charge in [-0.2, -0.15) is 26.3 Å². The number of sulfone groups is 1. The predicted octanol–water partition coefficient (Wildman–Crippen LogP) is 8.15. The van der Waals surface area contributed by atoms with Crippen LogP contribution in [0, 0.1) is 0 Å². The molecule has 0 unspecified atom stereocenters. The average molecular weight is 733 g/mol. The monoisotopic (exact) mass is 732 g/mol. The van der Waals surface area contributed by atoms with Crippen molar-refractivity contribution in [3.8, 4) is 11.3 Å². The maximum absolute atomic E-state index is 14.8. The van der Waals surface area contributed by atoms with Gasteiger partial charge >= 0.3 is 12.4 Å². The van der Waals surface area contributed by atoms with E-state index in [9.17, 15) is 39.6 Å². The molecule has 2 fully saturated rings. The predicted molar refractivity (Wildman–Crippen MR) is 183 cm³/mol. The summed E-state index contributed by atoms with van der Waals surface area (Å²) in [6, 6.07) is 13.3. The fraction of sp³-hybridized carbons (Fsp3) is 0.405. The molecule has 2 aliphatic heterocycles. The first-order valence-corrected chi connectivity index (χ1v) is 18.6. The molecule has 1 amide bonds. The molecule has 272 valence electrons. The van der Waals surface area contributed by atoms with Gasteiger partial charge in [-0.3, -0.25) is 9.69 Å². The molecule has 0 bridgehead atoms. The minimum absolute atomic E-state index is 0.0105. The number of piperidine rings is 1. The van der Waals surface area contributed by atoms with E-state index in [0.29, 0.717) is 36.9 Å². The summed E-state index contributed by atoms with van der Waals surface area (Å²) in [5.74, 6) is -1.09. The molecule has 4 aromatic rings. The van der Waals surface area contributed by atoms with Crippen molar-refractivity contribution >= 4 is 32.3 Å². The van der Waals surface area contributed by atoms with E-state index in [0.717, 1.165) is 44.8 Å². The van der Waals surface area contributed by atoms with Crippen molar-refractivity contribution < 1.29 is 39.6 Å². The van der Waals surface area contributed by atoms with Gasteiger partial charge in [0.1, 0.15) is 0 Å². The van der Waals surface area contributed by atoms with Crippen molar-refractivity contribution in [2.45, 2.75) is 68.0 Å². The molecule has 1 aromatic heterocycles. The van der Waals surface area contributed by atoms with Crippen LogP contribution in [0.25, 0.3) is 22.2 Å². The highest BCUT2D eigenvalue weighted by Crippen LogP contribution is 2.44. The molecule has 14 heteroatoms. The number of likely N-dealkylation sites (tertiary alicyclic amines) is 1. The van der Waals surface area contributed by atoms with Gasteiger partial charge in [0, 0.05) is 49.4 Å². The molecule has 0 spiro atoms. The number of amides is 1. The zero-order valence-corrected chi connectivity index (χ0v) is 29.1. The lowest BCUT2D eigenvalue weighted by atomic mass is 9.94. The van der Waals surface area contributed by atoms with E-state index >= 15 is 0 Å². The van der Waals surface area contributed by atoms with Gasteiger partial charge in [-0.15, -0.1) is 0 Å². The van der Waals surface area contributed by atoms with Crippen LogP contribution in [0.2, 0.25) is 0 Å². The number of nitrogens with zero attached hydrogens (tertiary/aromatic N) is 4. The number of anilines is 1. The van der Waals surface area contributed by atoms with Gasteiger partial charge in [0.05, 0.1) is 32.9 Å². The van der Waals surface area contributed by atoms with Gasteiger partial charge in [-0.25, -0.2) is 13.4 Å². The number of pyridine rings is 1. The first-order chi connectivity index (χ1) is 23.9. The summed E-state index contributed by atoms with van der Waals surface area (Å²) in [4.78, 5) is 24.1. The second-order valence-electron chi connectivity index (χ2n) is 13.4. The van der Waals surface area contributed by atoms with Crippen molar-refractivity contribution in [3.63, 3.8) is 0 Å². The van der Waals surface area contributed by atoms with Crippen LogP contribution in [0.1, 0.15) is 60.1 Å². The van der Waals surface area contributed by atoms with Gasteiger partial charge in [0.2, 0.25) is 0 Å². The Bertz CT molecular complexity index is 2030. The third-order valence-electron chi connectivity index (χ3n) is 10.0. The van der Waals surface area contributed by atoms with Crippen molar-refractivity contribution in [1.29, 1.82) is 0 Å². The quantitative estimate of drug-likeness (QED) is 0.179. The SMILES string of the molecule is C[C@@H]1CCCN1C1CCN(c2c(-c3cccc(C(F)(F)F)c3)nc3ccc(S(C)(=O)=O)cc3c2C(=O)N(C)[C@H](c2ccccc2)C(F)(F)F)CC1. The van der Waals surface area contributed by atoms with Crippen molar-refractivity contribution in [2.75, 3.05) is 37.8 Å². The number of benzene rings is 3. The Morgan fingerprint density at radius 1 is 0.902 bits per heavy atom. The van der Waals surface area contributed by atoms with E-state index in [2.05, 4.69) is 11.8 Å². The number of hydrogen-bond donors (Lipinski definition) is 0. The van der Waals surface area contributed by atoms with Gasteiger partial charge in [0.15, 0.2) is 15.9 Å². The molecule has 0 N–H and O–H groups in total. The van der Waals surface area contributed by atoms with Crippen LogP contribution in [0.15, 0.2) is 77.7 Å². The number of halogens is 6. The maximum Gasteiger partial charge on any atom is 0.416 e. The molecule has 6 rings (SSSR count). The Kier molecular flexibility index (Phi) is 9.88. The van der Waals surface area contributed by atoms with Crippen LogP contribution >= 0.6 is 0 Å². The molecular weight excluding hydrogens is 694 g/mol. The average Bonchev–Trinajstić information content (AvgIpc) is 3.51. The zero-order chi connectivity index (χ0) is 36.9. The van der Waals surface area contributed by atoms with E-state index in [1.165, 1.54) is 54.6 Å². The van der Waals surface area contributed by atoms with E-state index in [-0.39, 0.29) is 49.9 Å². The number of alkyl halides is 6. The highest BCUT2D eigenvalue weighted by atomic mass is 32.2. The Balaban J connectivity index is 1.61. The summed E-state index contributed by atoms with van der Waals surface area (Å²) < 4.78 is 112. The van der Waals surface area contributed by atoms with Crippen molar-refractivity contribution in [3.05, 3.63) is 89.5 Å². The van der Waals surface area contributed by atoms with Gasteiger partial charge < -0.3 is 9.80 Å². The van der Waals surface area contributed by atoms with Gasteiger partial charge in [0.25, 0.3) is 5.91 Å². The highest BCUT2D eigenvalue weighted by Gasteiger charge is 2.46. The molecule has 3 aromatic carbocycles. The lowest BCUT2D eigenvalue weighted by Crippen LogP contribution is -2.47. The standard InChI is InChI=1S/C37H38F6N4O3S/c1-23-9-8-18-47(23)27-16-19-46(20-17-27)33-31(35(48)45(2)34(37(41,42)43)24-10-5-4-6-11-24)29-22-28(51(3,49)50)14-15-30(29)44-32(33)25-12-7-13-26(21-25)36(38,39)40/h4-7,10-15,21-23,27,34H,8-9,16-20H2,1-3H3/t23-,34-/m1/s1. The molecule has 2 saturated heterocycles.